The SMILES string of the molecule is CC/C=C\C/C=C\C/C=C\C/C=C\C/C=C\C/C=C\C/C=C\C/C=C\C/C=C\CCCCCC(=O)OCC(COC(=O)CCCCCCCCC/C=C\C/C=C\CCCCC)OC(=O)CCCCCC/C=C\C/C=C\C/C=C\C/C=C\CC. The lowest BCUT2D eigenvalue weighted by atomic mass is 10.1. The van der Waals surface area contributed by atoms with E-state index in [1.165, 1.54) is 51.4 Å². The fraction of sp³-hybridized carbons (Fsp3) is 0.571. The zero-order chi connectivity index (χ0) is 59.9. The van der Waals surface area contributed by atoms with Crippen molar-refractivity contribution in [2.75, 3.05) is 13.2 Å². The van der Waals surface area contributed by atoms with E-state index in [0.29, 0.717) is 12.8 Å². The molecule has 0 aromatic rings. The van der Waals surface area contributed by atoms with Gasteiger partial charge in [-0.1, -0.05) is 267 Å². The minimum Gasteiger partial charge on any atom is -0.462 e. The van der Waals surface area contributed by atoms with Gasteiger partial charge >= 0.3 is 17.9 Å². The highest BCUT2D eigenvalue weighted by Crippen LogP contribution is 2.14. The van der Waals surface area contributed by atoms with Crippen LogP contribution < -0.4 is 0 Å². The summed E-state index contributed by atoms with van der Waals surface area (Å²) in [6.45, 7) is 6.33. The lowest BCUT2D eigenvalue weighted by Gasteiger charge is -2.18. The molecule has 0 aliphatic rings. The standard InChI is InChI=1S/C77H120O6/c1-4-7-10-13-16-19-22-25-28-31-32-33-34-35-36-37-38-39-40-41-42-43-44-47-49-52-55-58-61-64-67-70-76(79)82-73-74(83-77(80)71-68-65-62-59-56-53-50-46-30-27-24-21-18-15-12-9-6-3)72-81-75(78)69-66-63-60-57-54-51-48-45-29-26-23-20-17-14-11-8-5-2/h7,9-10,12,16-21,25-30,32-33,35-36,38-39,41-42,44,47,50,52-53,55,74H,4-6,8,11,13-15,22-24,31,34,37,40,43,45-46,48-49,51,54,56-73H2,1-3H3/b10-7-,12-9-,19-16-,20-17-,21-18-,28-25-,29-26-,30-27-,33-32-,36-35-,39-38-,42-41-,47-44-,53-50-,55-52-. The molecule has 0 spiro atoms. The number of unbranched alkanes of at least 4 members (excludes halogenated alkanes) is 17. The Hall–Kier alpha value is -5.49. The Bertz CT molecular complexity index is 1940. The Morgan fingerprint density at radius 1 is 0.253 bits per heavy atom. The maximum absolute atomic E-state index is 12.9. The van der Waals surface area contributed by atoms with Gasteiger partial charge in [-0.3, -0.25) is 14.4 Å². The van der Waals surface area contributed by atoms with Gasteiger partial charge in [-0.25, -0.2) is 0 Å². The van der Waals surface area contributed by atoms with Crippen LogP contribution in [-0.2, 0) is 28.6 Å². The van der Waals surface area contributed by atoms with Crippen LogP contribution in [0.2, 0.25) is 0 Å². The first kappa shape index (κ1) is 77.5. The van der Waals surface area contributed by atoms with E-state index in [9.17, 15) is 14.4 Å². The smallest absolute Gasteiger partial charge is 0.306 e. The molecular weight excluding hydrogens is 1020 g/mol. The molecule has 0 aromatic heterocycles. The zero-order valence-corrected chi connectivity index (χ0v) is 53.1. The summed E-state index contributed by atoms with van der Waals surface area (Å²) in [6, 6.07) is 0. The van der Waals surface area contributed by atoms with Crippen LogP contribution in [-0.4, -0.2) is 37.2 Å². The minimum absolute atomic E-state index is 0.111. The topological polar surface area (TPSA) is 78.9 Å². The molecule has 83 heavy (non-hydrogen) atoms. The van der Waals surface area contributed by atoms with E-state index in [1.54, 1.807) is 0 Å². The Kier molecular flexibility index (Phi) is 64.4. The summed E-state index contributed by atoms with van der Waals surface area (Å²) in [5.41, 5.74) is 0. The third-order valence-corrected chi connectivity index (χ3v) is 13.4. The van der Waals surface area contributed by atoms with Crippen LogP contribution in [0, 0.1) is 0 Å². The van der Waals surface area contributed by atoms with Gasteiger partial charge in [0.1, 0.15) is 13.2 Å². The summed E-state index contributed by atoms with van der Waals surface area (Å²) in [5, 5.41) is 0. The fourth-order valence-corrected chi connectivity index (χ4v) is 8.46. The van der Waals surface area contributed by atoms with E-state index >= 15 is 0 Å². The third kappa shape index (κ3) is 67.2. The van der Waals surface area contributed by atoms with Gasteiger partial charge in [-0.05, 0) is 161 Å². The Morgan fingerprint density at radius 2 is 0.470 bits per heavy atom. The van der Waals surface area contributed by atoms with Crippen LogP contribution in [0.4, 0.5) is 0 Å². The summed E-state index contributed by atoms with van der Waals surface area (Å²) >= 11 is 0. The molecule has 0 bridgehead atoms. The molecule has 0 aliphatic carbocycles. The summed E-state index contributed by atoms with van der Waals surface area (Å²) in [5.74, 6) is -0.982. The van der Waals surface area contributed by atoms with Crippen molar-refractivity contribution in [2.45, 2.75) is 271 Å². The molecule has 1 atom stereocenters. The van der Waals surface area contributed by atoms with Crippen LogP contribution in [0.25, 0.3) is 0 Å². The molecule has 0 saturated carbocycles. The van der Waals surface area contributed by atoms with Crippen LogP contribution in [0.1, 0.15) is 265 Å². The quantitative estimate of drug-likeness (QED) is 0.0261. The van der Waals surface area contributed by atoms with Crippen LogP contribution in [0.15, 0.2) is 182 Å². The monoisotopic (exact) mass is 1140 g/mol. The number of rotatable bonds is 58. The average Bonchev–Trinajstić information content (AvgIpc) is 3.49. The highest BCUT2D eigenvalue weighted by molar-refractivity contribution is 5.71. The number of hydrogen-bond acceptors (Lipinski definition) is 6. The Labute approximate surface area is 510 Å². The van der Waals surface area contributed by atoms with Gasteiger partial charge in [-0.2, -0.15) is 0 Å². The van der Waals surface area contributed by atoms with Crippen molar-refractivity contribution in [3.8, 4) is 0 Å². The number of carbonyl (C=O) groups excluding carboxylic acids is 3. The first-order valence-electron chi connectivity index (χ1n) is 33.3. The van der Waals surface area contributed by atoms with Crippen molar-refractivity contribution in [3.63, 3.8) is 0 Å². The van der Waals surface area contributed by atoms with Gasteiger partial charge in [0.25, 0.3) is 0 Å². The number of ether oxygens (including phenoxy) is 3. The van der Waals surface area contributed by atoms with Crippen molar-refractivity contribution < 1.29 is 28.6 Å². The number of hydrogen-bond donors (Lipinski definition) is 0. The van der Waals surface area contributed by atoms with E-state index in [4.69, 9.17) is 14.2 Å². The van der Waals surface area contributed by atoms with Crippen molar-refractivity contribution in [2.24, 2.45) is 0 Å². The second kappa shape index (κ2) is 69.0. The largest absolute Gasteiger partial charge is 0.462 e. The molecule has 6 heteroatoms. The van der Waals surface area contributed by atoms with Crippen LogP contribution in [0.5, 0.6) is 0 Å². The lowest BCUT2D eigenvalue weighted by molar-refractivity contribution is -0.167. The van der Waals surface area contributed by atoms with Gasteiger partial charge in [0.15, 0.2) is 6.10 Å². The molecule has 0 rings (SSSR count). The molecule has 464 valence electrons. The Balaban J connectivity index is 4.48. The second-order valence-electron chi connectivity index (χ2n) is 21.3. The molecule has 0 aliphatic heterocycles. The van der Waals surface area contributed by atoms with Crippen molar-refractivity contribution in [1.29, 1.82) is 0 Å². The first-order chi connectivity index (χ1) is 41.0. The maximum atomic E-state index is 12.9. The molecule has 0 N–H and O–H groups in total. The number of carbonyl (C=O) groups is 3. The van der Waals surface area contributed by atoms with E-state index in [1.807, 2.05) is 0 Å². The van der Waals surface area contributed by atoms with E-state index in [2.05, 4.69) is 203 Å². The van der Waals surface area contributed by atoms with Crippen molar-refractivity contribution in [3.05, 3.63) is 182 Å². The summed E-state index contributed by atoms with van der Waals surface area (Å²) in [7, 11) is 0. The third-order valence-electron chi connectivity index (χ3n) is 13.4. The molecule has 0 heterocycles. The predicted octanol–water partition coefficient (Wildman–Crippen LogP) is 23.2. The summed E-state index contributed by atoms with van der Waals surface area (Å²) in [6.07, 6.45) is 103. The first-order valence-corrected chi connectivity index (χ1v) is 33.3. The van der Waals surface area contributed by atoms with Crippen LogP contribution in [0.3, 0.4) is 0 Å². The normalized spacial score (nSPS) is 13.3. The molecule has 0 amide bonds. The summed E-state index contributed by atoms with van der Waals surface area (Å²) < 4.78 is 16.9. The van der Waals surface area contributed by atoms with Gasteiger partial charge < -0.3 is 14.2 Å². The number of allylic oxidation sites excluding steroid dienone is 30. The molecule has 0 radical (unpaired) electrons. The summed E-state index contributed by atoms with van der Waals surface area (Å²) in [4.78, 5) is 38.4. The second-order valence-corrected chi connectivity index (χ2v) is 21.3. The zero-order valence-electron chi connectivity index (χ0n) is 53.1. The molecular formula is C77H120O6. The van der Waals surface area contributed by atoms with Crippen molar-refractivity contribution >= 4 is 17.9 Å². The minimum atomic E-state index is -0.820. The average molecular weight is 1140 g/mol. The van der Waals surface area contributed by atoms with Crippen molar-refractivity contribution in [1.82, 2.24) is 0 Å². The molecule has 0 fully saturated rings. The fourth-order valence-electron chi connectivity index (χ4n) is 8.46. The highest BCUT2D eigenvalue weighted by Gasteiger charge is 2.19. The van der Waals surface area contributed by atoms with Crippen LogP contribution >= 0.6 is 0 Å². The highest BCUT2D eigenvalue weighted by atomic mass is 16.6. The van der Waals surface area contributed by atoms with E-state index in [-0.39, 0.29) is 37.5 Å². The van der Waals surface area contributed by atoms with Gasteiger partial charge in [0.05, 0.1) is 0 Å². The molecule has 0 saturated heterocycles. The number of esters is 3. The van der Waals surface area contributed by atoms with E-state index < -0.39 is 6.10 Å². The lowest BCUT2D eigenvalue weighted by Crippen LogP contribution is -2.30. The maximum Gasteiger partial charge on any atom is 0.306 e. The molecule has 6 nitrogen and oxygen atoms in total. The molecule has 1 unspecified atom stereocenters. The molecule has 0 aromatic carbocycles. The van der Waals surface area contributed by atoms with Gasteiger partial charge in [0, 0.05) is 19.3 Å². The predicted molar refractivity (Wildman–Crippen MR) is 361 cm³/mol. The van der Waals surface area contributed by atoms with Gasteiger partial charge in [0.2, 0.25) is 0 Å². The van der Waals surface area contributed by atoms with E-state index in [0.717, 1.165) is 173 Å². The van der Waals surface area contributed by atoms with Gasteiger partial charge in [-0.15, -0.1) is 0 Å². The Morgan fingerprint density at radius 3 is 0.747 bits per heavy atom.